The largest absolute Gasteiger partial charge is 0.481 e. The molecule has 0 saturated heterocycles. The van der Waals surface area contributed by atoms with Crippen LogP contribution in [-0.2, 0) is 16.0 Å². The van der Waals surface area contributed by atoms with E-state index in [0.29, 0.717) is 12.3 Å². The molecular formula is C16H23NO3. The second kappa shape index (κ2) is 7.68. The van der Waals surface area contributed by atoms with Gasteiger partial charge in [-0.3, -0.25) is 9.59 Å². The molecule has 2 N–H and O–H groups in total. The SMILES string of the molecule is Cc1ccc(CC(=O)NCC(CC(C)C)C(=O)O)cc1. The molecule has 110 valence electrons. The maximum absolute atomic E-state index is 11.8. The van der Waals surface area contributed by atoms with Crippen molar-refractivity contribution in [2.45, 2.75) is 33.6 Å². The summed E-state index contributed by atoms with van der Waals surface area (Å²) in [6.45, 7) is 6.14. The predicted octanol–water partition coefficient (Wildman–Crippen LogP) is 2.40. The van der Waals surface area contributed by atoms with Crippen molar-refractivity contribution in [3.05, 3.63) is 35.4 Å². The fourth-order valence-electron chi connectivity index (χ4n) is 2.03. The molecule has 1 rings (SSSR count). The maximum atomic E-state index is 11.8. The number of rotatable bonds is 7. The number of carbonyl (C=O) groups is 2. The lowest BCUT2D eigenvalue weighted by Gasteiger charge is -2.15. The Labute approximate surface area is 120 Å². The summed E-state index contributed by atoms with van der Waals surface area (Å²) in [4.78, 5) is 22.9. The Morgan fingerprint density at radius 3 is 2.30 bits per heavy atom. The van der Waals surface area contributed by atoms with Gasteiger partial charge in [-0.2, -0.15) is 0 Å². The molecule has 1 amide bonds. The van der Waals surface area contributed by atoms with Gasteiger partial charge in [0.1, 0.15) is 0 Å². The van der Waals surface area contributed by atoms with Gasteiger partial charge in [-0.25, -0.2) is 0 Å². The van der Waals surface area contributed by atoms with Gasteiger partial charge in [0.15, 0.2) is 0 Å². The van der Waals surface area contributed by atoms with Crippen LogP contribution in [0.4, 0.5) is 0 Å². The van der Waals surface area contributed by atoms with E-state index in [1.807, 2.05) is 45.0 Å². The van der Waals surface area contributed by atoms with Crippen LogP contribution in [0.2, 0.25) is 0 Å². The molecule has 1 atom stereocenters. The monoisotopic (exact) mass is 277 g/mol. The van der Waals surface area contributed by atoms with E-state index in [1.54, 1.807) is 0 Å². The Kier molecular flexibility index (Phi) is 6.22. The van der Waals surface area contributed by atoms with E-state index in [9.17, 15) is 9.59 Å². The molecule has 0 aromatic heterocycles. The first-order valence-corrected chi connectivity index (χ1v) is 6.93. The number of carboxylic acids is 1. The smallest absolute Gasteiger partial charge is 0.308 e. The second-order valence-corrected chi connectivity index (χ2v) is 5.63. The molecule has 0 aliphatic carbocycles. The molecule has 20 heavy (non-hydrogen) atoms. The summed E-state index contributed by atoms with van der Waals surface area (Å²) in [5, 5.41) is 11.8. The maximum Gasteiger partial charge on any atom is 0.308 e. The lowest BCUT2D eigenvalue weighted by atomic mass is 9.97. The number of benzene rings is 1. The fraction of sp³-hybridized carbons (Fsp3) is 0.500. The van der Waals surface area contributed by atoms with Crippen LogP contribution in [0.1, 0.15) is 31.4 Å². The van der Waals surface area contributed by atoms with Gasteiger partial charge in [0.2, 0.25) is 5.91 Å². The van der Waals surface area contributed by atoms with Gasteiger partial charge in [0, 0.05) is 6.54 Å². The Balaban J connectivity index is 2.45. The van der Waals surface area contributed by atoms with Gasteiger partial charge in [0.25, 0.3) is 0 Å². The Hall–Kier alpha value is -1.84. The second-order valence-electron chi connectivity index (χ2n) is 5.63. The van der Waals surface area contributed by atoms with Crippen LogP contribution in [0, 0.1) is 18.8 Å². The molecule has 0 aliphatic rings. The average Bonchev–Trinajstić information content (AvgIpc) is 2.36. The van der Waals surface area contributed by atoms with Gasteiger partial charge in [0.05, 0.1) is 12.3 Å². The average molecular weight is 277 g/mol. The third kappa shape index (κ3) is 5.87. The number of hydrogen-bond donors (Lipinski definition) is 2. The topological polar surface area (TPSA) is 66.4 Å². The highest BCUT2D eigenvalue weighted by Crippen LogP contribution is 2.11. The quantitative estimate of drug-likeness (QED) is 0.804. The van der Waals surface area contributed by atoms with Crippen LogP contribution in [0.25, 0.3) is 0 Å². The summed E-state index contributed by atoms with van der Waals surface area (Å²) >= 11 is 0. The van der Waals surface area contributed by atoms with Crippen LogP contribution in [-0.4, -0.2) is 23.5 Å². The minimum absolute atomic E-state index is 0.135. The van der Waals surface area contributed by atoms with Gasteiger partial charge < -0.3 is 10.4 Å². The summed E-state index contributed by atoms with van der Waals surface area (Å²) in [6, 6.07) is 7.75. The van der Waals surface area contributed by atoms with E-state index >= 15 is 0 Å². The zero-order chi connectivity index (χ0) is 15.1. The molecule has 1 unspecified atom stereocenters. The number of nitrogens with one attached hydrogen (secondary N) is 1. The number of hydrogen-bond acceptors (Lipinski definition) is 2. The van der Waals surface area contributed by atoms with Gasteiger partial charge in [-0.05, 0) is 24.8 Å². The normalized spacial score (nSPS) is 12.2. The van der Waals surface area contributed by atoms with Gasteiger partial charge in [-0.15, -0.1) is 0 Å². The zero-order valence-corrected chi connectivity index (χ0v) is 12.3. The van der Waals surface area contributed by atoms with Crippen LogP contribution >= 0.6 is 0 Å². The predicted molar refractivity (Wildman–Crippen MR) is 78.5 cm³/mol. The van der Waals surface area contributed by atoms with E-state index in [1.165, 1.54) is 0 Å². The molecular weight excluding hydrogens is 254 g/mol. The molecule has 0 fully saturated rings. The lowest BCUT2D eigenvalue weighted by Crippen LogP contribution is -2.34. The molecule has 0 spiro atoms. The molecule has 4 heteroatoms. The molecule has 0 aliphatic heterocycles. The first-order chi connectivity index (χ1) is 9.38. The summed E-state index contributed by atoms with van der Waals surface area (Å²) < 4.78 is 0. The van der Waals surface area contributed by atoms with E-state index in [2.05, 4.69) is 5.32 Å². The Bertz CT molecular complexity index is 451. The molecule has 0 bridgehead atoms. The van der Waals surface area contributed by atoms with E-state index in [-0.39, 0.29) is 18.9 Å². The zero-order valence-electron chi connectivity index (χ0n) is 12.3. The van der Waals surface area contributed by atoms with E-state index in [0.717, 1.165) is 11.1 Å². The molecule has 0 heterocycles. The van der Waals surface area contributed by atoms with Crippen molar-refractivity contribution in [1.29, 1.82) is 0 Å². The van der Waals surface area contributed by atoms with Crippen molar-refractivity contribution in [2.75, 3.05) is 6.54 Å². The van der Waals surface area contributed by atoms with Crippen molar-refractivity contribution >= 4 is 11.9 Å². The van der Waals surface area contributed by atoms with Crippen molar-refractivity contribution in [3.8, 4) is 0 Å². The van der Waals surface area contributed by atoms with Crippen LogP contribution in [0.3, 0.4) is 0 Å². The molecule has 4 nitrogen and oxygen atoms in total. The van der Waals surface area contributed by atoms with Crippen LogP contribution < -0.4 is 5.32 Å². The summed E-state index contributed by atoms with van der Waals surface area (Å²) in [5.41, 5.74) is 2.08. The summed E-state index contributed by atoms with van der Waals surface area (Å²) in [7, 11) is 0. The summed E-state index contributed by atoms with van der Waals surface area (Å²) in [5.74, 6) is -1.21. The van der Waals surface area contributed by atoms with Crippen molar-refractivity contribution in [3.63, 3.8) is 0 Å². The Morgan fingerprint density at radius 2 is 1.80 bits per heavy atom. The minimum atomic E-state index is -0.852. The number of carbonyl (C=O) groups excluding carboxylic acids is 1. The summed E-state index contributed by atoms with van der Waals surface area (Å²) in [6.07, 6.45) is 0.856. The number of carboxylic acid groups (broad SMARTS) is 1. The van der Waals surface area contributed by atoms with E-state index < -0.39 is 11.9 Å². The molecule has 0 saturated carbocycles. The van der Waals surface area contributed by atoms with E-state index in [4.69, 9.17) is 5.11 Å². The van der Waals surface area contributed by atoms with Crippen molar-refractivity contribution in [2.24, 2.45) is 11.8 Å². The standard InChI is InChI=1S/C16H23NO3/c1-11(2)8-14(16(19)20)10-17-15(18)9-13-6-4-12(3)5-7-13/h4-7,11,14H,8-10H2,1-3H3,(H,17,18)(H,19,20). The highest BCUT2D eigenvalue weighted by molar-refractivity contribution is 5.79. The van der Waals surface area contributed by atoms with Crippen molar-refractivity contribution < 1.29 is 14.7 Å². The third-order valence-corrected chi connectivity index (χ3v) is 3.14. The highest BCUT2D eigenvalue weighted by Gasteiger charge is 2.19. The molecule has 0 radical (unpaired) electrons. The van der Waals surface area contributed by atoms with Crippen LogP contribution in [0.15, 0.2) is 24.3 Å². The number of aliphatic carboxylic acids is 1. The van der Waals surface area contributed by atoms with Crippen LogP contribution in [0.5, 0.6) is 0 Å². The third-order valence-electron chi connectivity index (χ3n) is 3.14. The fourth-order valence-corrected chi connectivity index (χ4v) is 2.03. The first-order valence-electron chi connectivity index (χ1n) is 6.93. The number of amides is 1. The van der Waals surface area contributed by atoms with Gasteiger partial charge >= 0.3 is 5.97 Å². The highest BCUT2D eigenvalue weighted by atomic mass is 16.4. The number of aryl methyl sites for hydroxylation is 1. The van der Waals surface area contributed by atoms with Crippen molar-refractivity contribution in [1.82, 2.24) is 5.32 Å². The lowest BCUT2D eigenvalue weighted by molar-refractivity contribution is -0.142. The minimum Gasteiger partial charge on any atom is -0.481 e. The molecule has 1 aromatic carbocycles. The Morgan fingerprint density at radius 1 is 1.20 bits per heavy atom. The first kappa shape index (κ1) is 16.2. The van der Waals surface area contributed by atoms with Gasteiger partial charge in [-0.1, -0.05) is 43.7 Å². The molecule has 1 aromatic rings.